The number of Topliss-reactive ketones (excluding diaryl/α,β-unsaturated/α-hetero) is 1. The summed E-state index contributed by atoms with van der Waals surface area (Å²) in [5.41, 5.74) is 4.02. The second-order valence-electron chi connectivity index (χ2n) is 7.87. The van der Waals surface area contributed by atoms with Crippen LogP contribution in [0.2, 0.25) is 0 Å². The minimum absolute atomic E-state index is 0.129. The number of aryl methyl sites for hydroxylation is 1. The molecular formula is C22H26N4O3+2. The van der Waals surface area contributed by atoms with Crippen LogP contribution in [0.3, 0.4) is 0 Å². The van der Waals surface area contributed by atoms with Gasteiger partial charge in [-0.25, -0.2) is 0 Å². The molecule has 1 fully saturated rings. The Morgan fingerprint density at radius 1 is 1.03 bits per heavy atom. The lowest BCUT2D eigenvalue weighted by Crippen LogP contribution is -3.27. The molecule has 29 heavy (non-hydrogen) atoms. The van der Waals surface area contributed by atoms with Crippen molar-refractivity contribution in [1.29, 1.82) is 0 Å². The number of hydrogen-bond donors (Lipinski definition) is 3. The van der Waals surface area contributed by atoms with Gasteiger partial charge in [-0.3, -0.25) is 14.9 Å². The van der Waals surface area contributed by atoms with E-state index in [0.717, 1.165) is 60.4 Å². The van der Waals surface area contributed by atoms with Gasteiger partial charge in [-0.15, -0.1) is 0 Å². The molecule has 0 bridgehead atoms. The van der Waals surface area contributed by atoms with Gasteiger partial charge in [0.1, 0.15) is 39.3 Å². The monoisotopic (exact) mass is 394 g/mol. The Bertz CT molecular complexity index is 1030. The number of para-hydroxylation sites is 1. The number of carbonyl (C=O) groups is 1. The minimum Gasteiger partial charge on any atom is -0.358 e. The van der Waals surface area contributed by atoms with Gasteiger partial charge in [0.2, 0.25) is 5.78 Å². The van der Waals surface area contributed by atoms with Gasteiger partial charge in [-0.2, -0.15) is 0 Å². The number of quaternary nitrogens is 2. The Morgan fingerprint density at radius 2 is 1.69 bits per heavy atom. The summed E-state index contributed by atoms with van der Waals surface area (Å²) in [6.45, 7) is 7.24. The van der Waals surface area contributed by atoms with E-state index in [2.05, 4.69) is 4.98 Å². The molecule has 0 spiro atoms. The third-order valence-electron chi connectivity index (χ3n) is 5.85. The molecule has 4 rings (SSSR count). The summed E-state index contributed by atoms with van der Waals surface area (Å²) in [6.07, 6.45) is 0. The highest BCUT2D eigenvalue weighted by Gasteiger charge is 2.27. The molecule has 0 aliphatic carbocycles. The molecule has 7 nitrogen and oxygen atoms in total. The van der Waals surface area contributed by atoms with Crippen molar-refractivity contribution in [3.8, 4) is 0 Å². The van der Waals surface area contributed by atoms with Crippen molar-refractivity contribution in [1.82, 2.24) is 4.98 Å². The Kier molecular flexibility index (Phi) is 5.42. The predicted octanol–water partition coefficient (Wildman–Crippen LogP) is 0.551. The lowest BCUT2D eigenvalue weighted by molar-refractivity contribution is -1.01. The lowest BCUT2D eigenvalue weighted by Gasteiger charge is -2.29. The topological polar surface area (TPSA) is 84.9 Å². The van der Waals surface area contributed by atoms with Crippen LogP contribution in [0.15, 0.2) is 48.5 Å². The molecular weight excluding hydrogens is 368 g/mol. The smallest absolute Gasteiger partial charge is 0.269 e. The van der Waals surface area contributed by atoms with E-state index in [-0.39, 0.29) is 16.4 Å². The molecule has 0 atom stereocenters. The van der Waals surface area contributed by atoms with Crippen molar-refractivity contribution >= 4 is 22.4 Å². The third-order valence-corrected chi connectivity index (χ3v) is 5.85. The average molecular weight is 394 g/mol. The quantitative estimate of drug-likeness (QED) is 0.324. The molecule has 3 N–H and O–H groups in total. The number of nitrogens with one attached hydrogen (secondary N) is 3. The highest BCUT2D eigenvalue weighted by Crippen LogP contribution is 2.21. The largest absolute Gasteiger partial charge is 0.358 e. The van der Waals surface area contributed by atoms with Gasteiger partial charge in [0.15, 0.2) is 0 Å². The highest BCUT2D eigenvalue weighted by atomic mass is 16.6. The van der Waals surface area contributed by atoms with Gasteiger partial charge < -0.3 is 14.8 Å². The zero-order valence-corrected chi connectivity index (χ0v) is 16.5. The minimum atomic E-state index is -0.370. The van der Waals surface area contributed by atoms with Crippen LogP contribution in [-0.2, 0) is 6.54 Å². The second-order valence-corrected chi connectivity index (χ2v) is 7.87. The summed E-state index contributed by atoms with van der Waals surface area (Å²) in [5, 5.41) is 11.8. The van der Waals surface area contributed by atoms with E-state index in [9.17, 15) is 14.9 Å². The van der Waals surface area contributed by atoms with Crippen LogP contribution in [0.5, 0.6) is 0 Å². The number of nitro benzene ring substituents is 1. The maximum Gasteiger partial charge on any atom is 0.269 e. The summed E-state index contributed by atoms with van der Waals surface area (Å²) in [7, 11) is 0. The van der Waals surface area contributed by atoms with Gasteiger partial charge in [0, 0.05) is 34.3 Å². The standard InChI is InChI=1S/C22H24N4O3/c1-16-22(19-4-2-3-5-20(19)23-16)21(27)15-25-12-10-24(11-13-25)14-17-6-8-18(9-7-17)26(28)29/h2-9,23H,10-15H2,1H3/p+2. The molecule has 1 saturated heterocycles. The van der Waals surface area contributed by atoms with Gasteiger partial charge in [0.05, 0.1) is 10.5 Å². The second kappa shape index (κ2) is 8.14. The molecule has 2 aromatic carbocycles. The van der Waals surface area contributed by atoms with E-state index in [1.165, 1.54) is 9.80 Å². The van der Waals surface area contributed by atoms with Crippen LogP contribution in [0.1, 0.15) is 21.6 Å². The summed E-state index contributed by atoms with van der Waals surface area (Å²) in [6, 6.07) is 14.8. The Balaban J connectivity index is 1.33. The third kappa shape index (κ3) is 4.21. The molecule has 0 radical (unpaired) electrons. The number of piperazine rings is 1. The van der Waals surface area contributed by atoms with Crippen LogP contribution in [0.4, 0.5) is 5.69 Å². The first-order valence-corrected chi connectivity index (χ1v) is 10.0. The van der Waals surface area contributed by atoms with Crippen molar-refractivity contribution in [2.75, 3.05) is 32.7 Å². The van der Waals surface area contributed by atoms with E-state index in [0.29, 0.717) is 6.54 Å². The number of nitro groups is 1. The van der Waals surface area contributed by atoms with Crippen LogP contribution < -0.4 is 9.80 Å². The van der Waals surface area contributed by atoms with Gasteiger partial charge in [0.25, 0.3) is 5.69 Å². The number of hydrogen-bond acceptors (Lipinski definition) is 3. The fraction of sp³-hybridized carbons (Fsp3) is 0.318. The fourth-order valence-corrected chi connectivity index (χ4v) is 4.29. The highest BCUT2D eigenvalue weighted by molar-refractivity contribution is 6.09. The zero-order valence-electron chi connectivity index (χ0n) is 16.5. The summed E-state index contributed by atoms with van der Waals surface area (Å²) < 4.78 is 0. The molecule has 1 aliphatic rings. The molecule has 2 heterocycles. The van der Waals surface area contributed by atoms with E-state index in [1.54, 1.807) is 12.1 Å². The normalized spacial score (nSPS) is 19.3. The predicted molar refractivity (Wildman–Crippen MR) is 110 cm³/mol. The maximum atomic E-state index is 13.0. The maximum absolute atomic E-state index is 13.0. The SMILES string of the molecule is Cc1[nH]c2ccccc2c1C(=O)C[NH+]1CC[NH+](Cc2ccc([N+](=O)[O-])cc2)CC1. The number of non-ortho nitro benzene ring substituents is 1. The number of fused-ring (bicyclic) bond motifs is 1. The number of ketones is 1. The molecule has 0 unspecified atom stereocenters. The molecule has 1 aliphatic heterocycles. The first kappa shape index (κ1) is 19.3. The van der Waals surface area contributed by atoms with E-state index < -0.39 is 0 Å². The lowest BCUT2D eigenvalue weighted by atomic mass is 10.1. The van der Waals surface area contributed by atoms with Crippen LogP contribution in [0, 0.1) is 17.0 Å². The summed E-state index contributed by atoms with van der Waals surface area (Å²) in [4.78, 5) is 29.5. The molecule has 7 heteroatoms. The van der Waals surface area contributed by atoms with Crippen LogP contribution >= 0.6 is 0 Å². The van der Waals surface area contributed by atoms with Gasteiger partial charge in [-0.1, -0.05) is 18.2 Å². The van der Waals surface area contributed by atoms with E-state index >= 15 is 0 Å². The van der Waals surface area contributed by atoms with E-state index in [1.807, 2.05) is 43.3 Å². The first-order valence-electron chi connectivity index (χ1n) is 10.0. The van der Waals surface area contributed by atoms with Crippen molar-refractivity contribution in [3.63, 3.8) is 0 Å². The van der Waals surface area contributed by atoms with Crippen LogP contribution in [-0.4, -0.2) is 48.4 Å². The molecule has 1 aromatic heterocycles. The zero-order chi connectivity index (χ0) is 20.4. The number of rotatable bonds is 6. The fourth-order valence-electron chi connectivity index (χ4n) is 4.29. The van der Waals surface area contributed by atoms with Gasteiger partial charge >= 0.3 is 0 Å². The Labute approximate surface area is 169 Å². The molecule has 3 aromatic rings. The summed E-state index contributed by atoms with van der Waals surface area (Å²) >= 11 is 0. The first-order chi connectivity index (χ1) is 14.0. The molecule has 0 amide bonds. The molecule has 150 valence electrons. The number of aromatic nitrogens is 1. The number of nitrogens with zero attached hydrogens (tertiary/aromatic N) is 1. The Morgan fingerprint density at radius 3 is 2.38 bits per heavy atom. The average Bonchev–Trinajstić information content (AvgIpc) is 3.05. The van der Waals surface area contributed by atoms with Crippen LogP contribution in [0.25, 0.3) is 10.9 Å². The summed E-state index contributed by atoms with van der Waals surface area (Å²) in [5.74, 6) is 0.203. The Hall–Kier alpha value is -3.03. The number of aromatic amines is 1. The van der Waals surface area contributed by atoms with E-state index in [4.69, 9.17) is 0 Å². The van der Waals surface area contributed by atoms with Crippen molar-refractivity contribution < 1.29 is 19.5 Å². The van der Waals surface area contributed by atoms with Crippen molar-refractivity contribution in [2.45, 2.75) is 13.5 Å². The molecule has 0 saturated carbocycles. The van der Waals surface area contributed by atoms with Crippen molar-refractivity contribution in [2.24, 2.45) is 0 Å². The number of benzene rings is 2. The van der Waals surface area contributed by atoms with Gasteiger partial charge in [-0.05, 0) is 25.1 Å². The van der Waals surface area contributed by atoms with Crippen molar-refractivity contribution in [3.05, 3.63) is 75.5 Å². The number of H-pyrrole nitrogens is 1. The number of carbonyl (C=O) groups excluding carboxylic acids is 1.